The van der Waals surface area contributed by atoms with Gasteiger partial charge in [-0.25, -0.2) is 13.8 Å². The predicted octanol–water partition coefficient (Wildman–Crippen LogP) is 2.52. The third-order valence-corrected chi connectivity index (χ3v) is 5.26. The van der Waals surface area contributed by atoms with Crippen LogP contribution < -0.4 is 26.0 Å². The Morgan fingerprint density at radius 2 is 2.00 bits per heavy atom. The van der Waals surface area contributed by atoms with Crippen LogP contribution in [0.4, 0.5) is 25.8 Å². The van der Waals surface area contributed by atoms with Crippen LogP contribution in [-0.4, -0.2) is 60.8 Å². The minimum Gasteiger partial charge on any atom is -0.486 e. The highest BCUT2D eigenvalue weighted by Gasteiger charge is 2.26. The Labute approximate surface area is 195 Å². The van der Waals surface area contributed by atoms with Crippen molar-refractivity contribution in [3.63, 3.8) is 0 Å². The average Bonchev–Trinajstić information content (AvgIpc) is 3.25. The maximum absolute atomic E-state index is 14.6. The number of aliphatic imine (C=N–C) groups is 2. The van der Waals surface area contributed by atoms with Gasteiger partial charge in [-0.1, -0.05) is 6.07 Å². The number of anilines is 3. The molecule has 0 spiro atoms. The summed E-state index contributed by atoms with van der Waals surface area (Å²) in [6.45, 7) is 1.79. The normalized spacial score (nSPS) is 21.9. The van der Waals surface area contributed by atoms with E-state index in [0.29, 0.717) is 30.0 Å². The number of hydrogen-bond donors (Lipinski definition) is 5. The molecule has 3 atom stereocenters. The van der Waals surface area contributed by atoms with Gasteiger partial charge < -0.3 is 31.1 Å². The molecule has 0 aromatic heterocycles. The number of carbonyl (C=O) groups excluding carboxylic acids is 1. The Kier molecular flexibility index (Phi) is 7.33. The van der Waals surface area contributed by atoms with Crippen molar-refractivity contribution < 1.29 is 23.4 Å². The average molecular weight is 472 g/mol. The highest BCUT2D eigenvalue weighted by molar-refractivity contribution is 6.10. The Morgan fingerprint density at radius 3 is 2.74 bits per heavy atom. The van der Waals surface area contributed by atoms with Crippen LogP contribution in [0.15, 0.2) is 52.4 Å². The largest absolute Gasteiger partial charge is 0.486 e. The summed E-state index contributed by atoms with van der Waals surface area (Å²) in [5.74, 6) is -0.491. The van der Waals surface area contributed by atoms with E-state index in [1.807, 2.05) is 0 Å². The number of rotatable bonds is 6. The summed E-state index contributed by atoms with van der Waals surface area (Å²) >= 11 is 0. The number of guanidine groups is 1. The minimum atomic E-state index is -1.44. The number of hydrogen-bond acceptors (Lipinski definition) is 8. The van der Waals surface area contributed by atoms with Crippen LogP contribution in [0, 0.1) is 5.82 Å². The van der Waals surface area contributed by atoms with Crippen molar-refractivity contribution in [3.8, 4) is 5.75 Å². The lowest BCUT2D eigenvalue weighted by molar-refractivity contribution is -0.114. The maximum atomic E-state index is 14.6. The molecular weight excluding hydrogens is 446 g/mol. The van der Waals surface area contributed by atoms with E-state index in [-0.39, 0.29) is 48.7 Å². The van der Waals surface area contributed by atoms with Gasteiger partial charge in [0.25, 0.3) is 0 Å². The van der Waals surface area contributed by atoms with Crippen molar-refractivity contribution in [3.05, 3.63) is 48.3 Å². The first kappa shape index (κ1) is 23.6. The van der Waals surface area contributed by atoms with Crippen molar-refractivity contribution in [2.45, 2.75) is 31.7 Å². The molecule has 34 heavy (non-hydrogen) atoms. The zero-order valence-corrected chi connectivity index (χ0v) is 18.5. The van der Waals surface area contributed by atoms with E-state index in [0.717, 1.165) is 0 Å². The lowest BCUT2D eigenvalue weighted by atomic mass is 10.2. The maximum Gasteiger partial charge on any atom is 0.224 e. The molecule has 1 unspecified atom stereocenters. The number of nitrogens with zero attached hydrogens (tertiary/aromatic N) is 2. The van der Waals surface area contributed by atoms with Crippen molar-refractivity contribution >= 4 is 34.8 Å². The molecule has 2 aromatic rings. The SMILES string of the molecule is CC(=O)Nc1cccc(NC2=NC(Nc3ccc(O[C@H]4CN[C@H](CO)C4)c(F)c3)=NCC2F)c1. The summed E-state index contributed by atoms with van der Waals surface area (Å²) in [5, 5.41) is 20.8. The molecule has 0 saturated carbocycles. The van der Waals surface area contributed by atoms with Crippen molar-refractivity contribution in [2.24, 2.45) is 9.98 Å². The molecule has 0 radical (unpaired) electrons. The molecule has 5 N–H and O–H groups in total. The first-order valence-corrected chi connectivity index (χ1v) is 10.9. The van der Waals surface area contributed by atoms with Gasteiger partial charge in [-0.15, -0.1) is 0 Å². The number of carbonyl (C=O) groups is 1. The zero-order chi connectivity index (χ0) is 24.1. The monoisotopic (exact) mass is 472 g/mol. The topological polar surface area (TPSA) is 119 Å². The highest BCUT2D eigenvalue weighted by atomic mass is 19.1. The molecule has 1 amide bonds. The smallest absolute Gasteiger partial charge is 0.224 e. The number of amides is 1. The number of aliphatic hydroxyl groups excluding tert-OH is 1. The van der Waals surface area contributed by atoms with Crippen LogP contribution in [0.1, 0.15) is 13.3 Å². The van der Waals surface area contributed by atoms with Gasteiger partial charge in [0, 0.05) is 49.1 Å². The van der Waals surface area contributed by atoms with Crippen molar-refractivity contribution in [1.29, 1.82) is 0 Å². The first-order valence-electron chi connectivity index (χ1n) is 10.9. The third-order valence-electron chi connectivity index (χ3n) is 5.26. The molecule has 2 aliphatic heterocycles. The molecule has 11 heteroatoms. The second-order valence-electron chi connectivity index (χ2n) is 8.05. The molecule has 0 aliphatic carbocycles. The van der Waals surface area contributed by atoms with Gasteiger partial charge >= 0.3 is 0 Å². The van der Waals surface area contributed by atoms with Gasteiger partial charge in [-0.3, -0.25) is 4.79 Å². The number of ether oxygens (including phenoxy) is 1. The fraction of sp³-hybridized carbons (Fsp3) is 0.348. The van der Waals surface area contributed by atoms with E-state index in [9.17, 15) is 18.7 Å². The number of amidine groups is 1. The van der Waals surface area contributed by atoms with Gasteiger partial charge in [0.05, 0.1) is 13.2 Å². The third kappa shape index (κ3) is 6.06. The van der Waals surface area contributed by atoms with Gasteiger partial charge in [-0.2, -0.15) is 4.99 Å². The molecular formula is C23H26F2N6O3. The molecule has 9 nitrogen and oxygen atoms in total. The van der Waals surface area contributed by atoms with Gasteiger partial charge in [-0.05, 0) is 30.3 Å². The second kappa shape index (κ2) is 10.6. The number of halogens is 2. The Bertz CT molecular complexity index is 1110. The quantitative estimate of drug-likeness (QED) is 0.441. The fourth-order valence-electron chi connectivity index (χ4n) is 3.67. The zero-order valence-electron chi connectivity index (χ0n) is 18.5. The molecule has 180 valence electrons. The van der Waals surface area contributed by atoms with Crippen LogP contribution >= 0.6 is 0 Å². The second-order valence-corrected chi connectivity index (χ2v) is 8.05. The first-order chi connectivity index (χ1) is 16.4. The molecule has 2 heterocycles. The van der Waals surface area contributed by atoms with Gasteiger partial charge in [0.2, 0.25) is 11.9 Å². The summed E-state index contributed by atoms with van der Waals surface area (Å²) in [5.41, 5.74) is 1.50. The van der Waals surface area contributed by atoms with Crippen LogP contribution in [0.2, 0.25) is 0 Å². The van der Waals surface area contributed by atoms with E-state index < -0.39 is 12.0 Å². The highest BCUT2D eigenvalue weighted by Crippen LogP contribution is 2.25. The summed E-state index contributed by atoms with van der Waals surface area (Å²) in [6.07, 6.45) is -1.07. The molecule has 1 fully saturated rings. The number of aliphatic hydroxyl groups is 1. The van der Waals surface area contributed by atoms with E-state index in [4.69, 9.17) is 4.74 Å². The Hall–Kier alpha value is -3.57. The lowest BCUT2D eigenvalue weighted by Crippen LogP contribution is -2.33. The van der Waals surface area contributed by atoms with Crippen molar-refractivity contribution in [1.82, 2.24) is 5.32 Å². The Balaban J connectivity index is 1.40. The van der Waals surface area contributed by atoms with Crippen LogP contribution in [-0.2, 0) is 4.79 Å². The summed E-state index contributed by atoms with van der Waals surface area (Å²) in [4.78, 5) is 19.5. The summed E-state index contributed by atoms with van der Waals surface area (Å²) in [6, 6.07) is 11.1. The molecule has 4 rings (SSSR count). The lowest BCUT2D eigenvalue weighted by Gasteiger charge is -2.19. The fourth-order valence-corrected chi connectivity index (χ4v) is 3.67. The standard InChI is InChI=1S/C23H26F2N6O3/c1-13(33)28-14-3-2-4-15(7-14)29-22-20(25)11-27-23(31-22)30-16-5-6-21(19(24)9-16)34-18-8-17(12-32)26-10-18/h2-7,9,17-18,20,26,32H,8,10-12H2,1H3,(H,28,33)(H2,27,29,30,31)/t17-,18+,20?/m0/s1. The van der Waals surface area contributed by atoms with Crippen LogP contribution in [0.3, 0.4) is 0 Å². The van der Waals surface area contributed by atoms with E-state index in [1.165, 1.54) is 19.1 Å². The summed E-state index contributed by atoms with van der Waals surface area (Å²) < 4.78 is 34.7. The van der Waals surface area contributed by atoms with Gasteiger partial charge in [0.15, 0.2) is 17.7 Å². The molecule has 0 bridgehead atoms. The van der Waals surface area contributed by atoms with Crippen LogP contribution in [0.5, 0.6) is 5.75 Å². The summed E-state index contributed by atoms with van der Waals surface area (Å²) in [7, 11) is 0. The minimum absolute atomic E-state index is 0.00511. The van der Waals surface area contributed by atoms with E-state index in [2.05, 4.69) is 31.3 Å². The number of nitrogens with one attached hydrogen (secondary N) is 4. The molecule has 1 saturated heterocycles. The number of benzene rings is 2. The molecule has 2 aliphatic rings. The van der Waals surface area contributed by atoms with Crippen LogP contribution in [0.25, 0.3) is 0 Å². The molecule has 2 aromatic carbocycles. The predicted molar refractivity (Wildman–Crippen MR) is 127 cm³/mol. The Morgan fingerprint density at radius 1 is 1.21 bits per heavy atom. The van der Waals surface area contributed by atoms with Crippen molar-refractivity contribution in [2.75, 3.05) is 35.6 Å². The van der Waals surface area contributed by atoms with E-state index >= 15 is 0 Å². The van der Waals surface area contributed by atoms with E-state index in [1.54, 1.807) is 30.3 Å². The van der Waals surface area contributed by atoms with Gasteiger partial charge in [0.1, 0.15) is 11.9 Å². The number of alkyl halides is 1.